The van der Waals surface area contributed by atoms with E-state index in [2.05, 4.69) is 10.3 Å². The minimum Gasteiger partial charge on any atom is -0.345 e. The van der Waals surface area contributed by atoms with Crippen LogP contribution in [0.15, 0.2) is 53.9 Å². The molecule has 0 aliphatic heterocycles. The van der Waals surface area contributed by atoms with E-state index in [1.807, 2.05) is 12.1 Å². The van der Waals surface area contributed by atoms with Crippen LogP contribution in [0.5, 0.6) is 0 Å². The fourth-order valence-electron chi connectivity index (χ4n) is 2.34. The summed E-state index contributed by atoms with van der Waals surface area (Å²) >= 11 is 7.37. The number of rotatable bonds is 4. The molecule has 1 N–H and O–H groups in total. The van der Waals surface area contributed by atoms with Crippen LogP contribution in [0.1, 0.15) is 20.8 Å². The van der Waals surface area contributed by atoms with Crippen molar-refractivity contribution in [2.45, 2.75) is 0 Å². The van der Waals surface area contributed by atoms with Gasteiger partial charge in [0, 0.05) is 30.1 Å². The number of anilines is 1. The van der Waals surface area contributed by atoms with Crippen LogP contribution in [0, 0.1) is 0 Å². The highest BCUT2D eigenvalue weighted by atomic mass is 35.5. The number of para-hydroxylation sites is 1. The normalized spacial score (nSPS) is 10.4. The van der Waals surface area contributed by atoms with Gasteiger partial charge in [0.1, 0.15) is 10.7 Å². The van der Waals surface area contributed by atoms with Crippen molar-refractivity contribution in [3.05, 3.63) is 70.2 Å². The monoisotopic (exact) mass is 385 g/mol. The minimum absolute atomic E-state index is 0.182. The molecule has 0 saturated heterocycles. The number of halogens is 1. The average Bonchev–Trinajstić information content (AvgIpc) is 3.12. The van der Waals surface area contributed by atoms with Crippen molar-refractivity contribution >= 4 is 40.4 Å². The highest BCUT2D eigenvalue weighted by Crippen LogP contribution is 2.26. The minimum atomic E-state index is -0.367. The van der Waals surface area contributed by atoms with E-state index in [9.17, 15) is 9.59 Å². The lowest BCUT2D eigenvalue weighted by Crippen LogP contribution is -2.24. The molecular formula is C19H16ClN3O2S. The predicted octanol–water partition coefficient (Wildman–Crippen LogP) is 4.42. The number of nitrogens with one attached hydrogen (secondary N) is 1. The molecule has 0 spiro atoms. The first kappa shape index (κ1) is 18.1. The molecule has 0 bridgehead atoms. The van der Waals surface area contributed by atoms with E-state index in [4.69, 9.17) is 11.6 Å². The summed E-state index contributed by atoms with van der Waals surface area (Å²) in [6, 6.07) is 14.2. The van der Waals surface area contributed by atoms with Crippen LogP contribution in [0.25, 0.3) is 10.6 Å². The second kappa shape index (κ2) is 7.68. The molecule has 2 aromatic carbocycles. The van der Waals surface area contributed by atoms with E-state index < -0.39 is 0 Å². The van der Waals surface area contributed by atoms with Crippen LogP contribution in [0.3, 0.4) is 0 Å². The van der Waals surface area contributed by atoms with Crippen LogP contribution in [-0.4, -0.2) is 35.8 Å². The van der Waals surface area contributed by atoms with Crippen molar-refractivity contribution in [1.29, 1.82) is 0 Å². The number of benzene rings is 2. The summed E-state index contributed by atoms with van der Waals surface area (Å²) in [5, 5.41) is 5.77. The zero-order valence-corrected chi connectivity index (χ0v) is 15.8. The molecule has 1 heterocycles. The summed E-state index contributed by atoms with van der Waals surface area (Å²) in [5.74, 6) is -0.549. The summed E-state index contributed by atoms with van der Waals surface area (Å²) in [6.45, 7) is 0. The van der Waals surface area contributed by atoms with Gasteiger partial charge in [0.25, 0.3) is 11.8 Å². The Hall–Kier alpha value is -2.70. The molecule has 0 saturated carbocycles. The molecule has 2 amide bonds. The van der Waals surface area contributed by atoms with Crippen LogP contribution in [-0.2, 0) is 0 Å². The fraction of sp³-hybridized carbons (Fsp3) is 0.105. The number of nitrogens with zero attached hydrogens (tertiary/aromatic N) is 2. The lowest BCUT2D eigenvalue weighted by molar-refractivity contribution is 0.0828. The van der Waals surface area contributed by atoms with Crippen LogP contribution >= 0.6 is 22.9 Å². The van der Waals surface area contributed by atoms with Gasteiger partial charge in [0.15, 0.2) is 0 Å². The van der Waals surface area contributed by atoms with Gasteiger partial charge in [0.05, 0.1) is 11.3 Å². The molecule has 0 aliphatic carbocycles. The maximum atomic E-state index is 12.6. The first-order chi connectivity index (χ1) is 12.5. The lowest BCUT2D eigenvalue weighted by atomic mass is 10.1. The van der Waals surface area contributed by atoms with Crippen LogP contribution in [0.4, 0.5) is 5.69 Å². The molecule has 0 radical (unpaired) electrons. The van der Waals surface area contributed by atoms with E-state index in [0.717, 1.165) is 5.56 Å². The van der Waals surface area contributed by atoms with Crippen molar-refractivity contribution < 1.29 is 9.59 Å². The standard InChI is InChI=1S/C19H16ClN3O2S/c1-23(2)19(25)14-8-3-4-9-15(14)21-17(24)16-11-26-18(22-16)12-6-5-7-13(20)10-12/h3-11H,1-2H3,(H,21,24). The predicted molar refractivity (Wildman–Crippen MR) is 105 cm³/mol. The highest BCUT2D eigenvalue weighted by molar-refractivity contribution is 7.13. The second-order valence-electron chi connectivity index (χ2n) is 5.75. The van der Waals surface area contributed by atoms with Gasteiger partial charge in [-0.15, -0.1) is 11.3 Å². The third kappa shape index (κ3) is 3.92. The Morgan fingerprint density at radius 1 is 1.12 bits per heavy atom. The smallest absolute Gasteiger partial charge is 0.275 e. The molecule has 0 unspecified atom stereocenters. The summed E-state index contributed by atoms with van der Waals surface area (Å²) in [6.07, 6.45) is 0. The fourth-order valence-corrected chi connectivity index (χ4v) is 3.33. The molecule has 0 aliphatic rings. The van der Waals surface area contributed by atoms with Crippen LogP contribution in [0.2, 0.25) is 5.02 Å². The van der Waals surface area contributed by atoms with Gasteiger partial charge < -0.3 is 10.2 Å². The Kier molecular flexibility index (Phi) is 5.35. The summed E-state index contributed by atoms with van der Waals surface area (Å²) < 4.78 is 0. The average molecular weight is 386 g/mol. The molecule has 3 rings (SSSR count). The van der Waals surface area contributed by atoms with E-state index >= 15 is 0 Å². The van der Waals surface area contributed by atoms with Gasteiger partial charge in [0.2, 0.25) is 0 Å². The number of hydrogen-bond acceptors (Lipinski definition) is 4. The Morgan fingerprint density at radius 2 is 1.88 bits per heavy atom. The molecule has 3 aromatic rings. The molecule has 26 heavy (non-hydrogen) atoms. The van der Waals surface area contributed by atoms with Crippen molar-refractivity contribution in [2.24, 2.45) is 0 Å². The number of amides is 2. The lowest BCUT2D eigenvalue weighted by Gasteiger charge is -2.14. The molecule has 7 heteroatoms. The summed E-state index contributed by atoms with van der Waals surface area (Å²) in [7, 11) is 3.33. The Bertz CT molecular complexity index is 969. The third-order valence-corrected chi connectivity index (χ3v) is 4.75. The van der Waals surface area contributed by atoms with Gasteiger partial charge in [-0.2, -0.15) is 0 Å². The first-order valence-electron chi connectivity index (χ1n) is 7.79. The molecule has 1 aromatic heterocycles. The molecule has 132 valence electrons. The summed E-state index contributed by atoms with van der Waals surface area (Å²) in [5.41, 5.74) is 2.02. The maximum Gasteiger partial charge on any atom is 0.275 e. The highest BCUT2D eigenvalue weighted by Gasteiger charge is 2.17. The summed E-state index contributed by atoms with van der Waals surface area (Å²) in [4.78, 5) is 30.6. The second-order valence-corrected chi connectivity index (χ2v) is 7.04. The number of carbonyl (C=O) groups excluding carboxylic acids is 2. The number of aromatic nitrogens is 1. The molecule has 5 nitrogen and oxygen atoms in total. The topological polar surface area (TPSA) is 62.3 Å². The van der Waals surface area contributed by atoms with E-state index in [1.165, 1.54) is 16.2 Å². The van der Waals surface area contributed by atoms with Gasteiger partial charge >= 0.3 is 0 Å². The quantitative estimate of drug-likeness (QED) is 0.723. The largest absolute Gasteiger partial charge is 0.345 e. The zero-order chi connectivity index (χ0) is 18.7. The van der Waals surface area contributed by atoms with Crippen molar-refractivity contribution in [3.63, 3.8) is 0 Å². The Labute approximate surface area is 160 Å². The van der Waals surface area contributed by atoms with E-state index in [-0.39, 0.29) is 17.5 Å². The third-order valence-electron chi connectivity index (χ3n) is 3.62. The Balaban J connectivity index is 1.83. The zero-order valence-electron chi connectivity index (χ0n) is 14.2. The van der Waals surface area contributed by atoms with E-state index in [1.54, 1.807) is 55.9 Å². The van der Waals surface area contributed by atoms with Gasteiger partial charge in [-0.25, -0.2) is 4.98 Å². The number of carbonyl (C=O) groups is 2. The molecular weight excluding hydrogens is 370 g/mol. The maximum absolute atomic E-state index is 12.6. The first-order valence-corrected chi connectivity index (χ1v) is 9.05. The van der Waals surface area contributed by atoms with Gasteiger partial charge in [-0.3, -0.25) is 9.59 Å². The van der Waals surface area contributed by atoms with Crippen molar-refractivity contribution in [3.8, 4) is 10.6 Å². The van der Waals surface area contributed by atoms with Gasteiger partial charge in [-0.05, 0) is 24.3 Å². The van der Waals surface area contributed by atoms with Crippen LogP contribution < -0.4 is 5.32 Å². The van der Waals surface area contributed by atoms with E-state index in [0.29, 0.717) is 21.3 Å². The molecule has 0 fully saturated rings. The SMILES string of the molecule is CN(C)C(=O)c1ccccc1NC(=O)c1csc(-c2cccc(Cl)c2)n1. The Morgan fingerprint density at radius 3 is 2.62 bits per heavy atom. The van der Waals surface area contributed by atoms with Gasteiger partial charge in [-0.1, -0.05) is 35.9 Å². The van der Waals surface area contributed by atoms with Crippen molar-refractivity contribution in [1.82, 2.24) is 9.88 Å². The number of hydrogen-bond donors (Lipinski definition) is 1. The number of thiazole rings is 1. The van der Waals surface area contributed by atoms with Crippen molar-refractivity contribution in [2.75, 3.05) is 19.4 Å². The molecule has 0 atom stereocenters.